The molecule has 3 nitrogen and oxygen atoms in total. The van der Waals surface area contributed by atoms with Gasteiger partial charge in [0.05, 0.1) is 0 Å². The molecule has 0 bridgehead atoms. The van der Waals surface area contributed by atoms with Crippen LogP contribution in [0.4, 0.5) is 5.69 Å². The smallest absolute Gasteiger partial charge is 0.221 e. The third-order valence-electron chi connectivity index (χ3n) is 3.31. The number of amides is 1. The molecular formula is C18H21ClN2O. The lowest BCUT2D eigenvalue weighted by atomic mass is 10.1. The molecule has 0 fully saturated rings. The van der Waals surface area contributed by atoms with Crippen molar-refractivity contribution in [3.05, 3.63) is 65.2 Å². The Morgan fingerprint density at radius 1 is 1.00 bits per heavy atom. The highest BCUT2D eigenvalue weighted by Gasteiger charge is 2.01. The molecule has 4 heteroatoms. The van der Waals surface area contributed by atoms with Crippen LogP contribution in [-0.4, -0.2) is 19.0 Å². The number of carbonyl (C=O) groups excluding carboxylic acids is 1. The highest BCUT2D eigenvalue weighted by Crippen LogP contribution is 2.14. The first-order valence-electron chi connectivity index (χ1n) is 7.54. The normalized spacial score (nSPS) is 10.2. The lowest BCUT2D eigenvalue weighted by Gasteiger charge is -2.08. The Labute approximate surface area is 136 Å². The molecule has 0 aliphatic rings. The molecule has 0 atom stereocenters. The van der Waals surface area contributed by atoms with Gasteiger partial charge in [0, 0.05) is 30.2 Å². The number of aryl methyl sites for hydroxylation is 1. The van der Waals surface area contributed by atoms with Crippen LogP contribution < -0.4 is 10.6 Å². The van der Waals surface area contributed by atoms with E-state index < -0.39 is 0 Å². The number of hydrogen-bond donors (Lipinski definition) is 2. The fourth-order valence-electron chi connectivity index (χ4n) is 2.17. The van der Waals surface area contributed by atoms with Crippen molar-refractivity contribution < 1.29 is 4.79 Å². The van der Waals surface area contributed by atoms with Crippen molar-refractivity contribution in [2.24, 2.45) is 0 Å². The van der Waals surface area contributed by atoms with Crippen LogP contribution in [0.25, 0.3) is 0 Å². The lowest BCUT2D eigenvalue weighted by molar-refractivity contribution is -0.120. The molecular weight excluding hydrogens is 296 g/mol. The minimum Gasteiger partial charge on any atom is -0.384 e. The van der Waals surface area contributed by atoms with Gasteiger partial charge in [-0.3, -0.25) is 4.79 Å². The van der Waals surface area contributed by atoms with Crippen LogP contribution in [0, 0.1) is 0 Å². The van der Waals surface area contributed by atoms with Crippen LogP contribution in [-0.2, 0) is 11.2 Å². The van der Waals surface area contributed by atoms with Crippen LogP contribution in [0.2, 0.25) is 5.02 Å². The number of rotatable bonds is 8. The molecule has 0 heterocycles. The predicted octanol–water partition coefficient (Wildman–Crippen LogP) is 3.89. The average Bonchev–Trinajstić information content (AvgIpc) is 2.53. The van der Waals surface area contributed by atoms with Crippen molar-refractivity contribution in [2.45, 2.75) is 19.3 Å². The van der Waals surface area contributed by atoms with Gasteiger partial charge in [0.2, 0.25) is 5.91 Å². The first-order chi connectivity index (χ1) is 10.7. The van der Waals surface area contributed by atoms with E-state index in [-0.39, 0.29) is 5.91 Å². The number of nitrogens with one attached hydrogen (secondary N) is 2. The highest BCUT2D eigenvalue weighted by atomic mass is 35.5. The van der Waals surface area contributed by atoms with Crippen molar-refractivity contribution >= 4 is 23.2 Å². The monoisotopic (exact) mass is 316 g/mol. The third-order valence-corrected chi connectivity index (χ3v) is 3.55. The Morgan fingerprint density at radius 2 is 1.82 bits per heavy atom. The molecule has 2 N–H and O–H groups in total. The van der Waals surface area contributed by atoms with E-state index >= 15 is 0 Å². The summed E-state index contributed by atoms with van der Waals surface area (Å²) in [5.74, 6) is 0.0718. The molecule has 116 valence electrons. The van der Waals surface area contributed by atoms with Gasteiger partial charge < -0.3 is 10.6 Å². The second-order valence-electron chi connectivity index (χ2n) is 5.13. The third kappa shape index (κ3) is 6.19. The molecule has 22 heavy (non-hydrogen) atoms. The zero-order chi connectivity index (χ0) is 15.6. The van der Waals surface area contributed by atoms with Gasteiger partial charge in [-0.15, -0.1) is 0 Å². The predicted molar refractivity (Wildman–Crippen MR) is 92.3 cm³/mol. The molecule has 0 aromatic heterocycles. The van der Waals surface area contributed by atoms with Gasteiger partial charge in [-0.2, -0.15) is 0 Å². The van der Waals surface area contributed by atoms with Crippen LogP contribution in [0.15, 0.2) is 54.6 Å². The summed E-state index contributed by atoms with van der Waals surface area (Å²) in [7, 11) is 0. The molecule has 0 radical (unpaired) electrons. The van der Waals surface area contributed by atoms with E-state index in [1.54, 1.807) is 0 Å². The molecule has 0 aliphatic carbocycles. The van der Waals surface area contributed by atoms with E-state index in [0.29, 0.717) is 24.5 Å². The minimum absolute atomic E-state index is 0.0718. The van der Waals surface area contributed by atoms with Gasteiger partial charge >= 0.3 is 0 Å². The maximum absolute atomic E-state index is 11.7. The van der Waals surface area contributed by atoms with Crippen LogP contribution in [0.1, 0.15) is 18.4 Å². The van der Waals surface area contributed by atoms with Gasteiger partial charge in [0.1, 0.15) is 0 Å². The molecule has 0 unspecified atom stereocenters. The summed E-state index contributed by atoms with van der Waals surface area (Å²) in [4.78, 5) is 11.7. The Balaban J connectivity index is 1.56. The van der Waals surface area contributed by atoms with Crippen LogP contribution in [0.5, 0.6) is 0 Å². The van der Waals surface area contributed by atoms with Crippen molar-refractivity contribution in [1.82, 2.24) is 5.32 Å². The number of carbonyl (C=O) groups is 1. The van der Waals surface area contributed by atoms with Gasteiger partial charge in [-0.05, 0) is 36.6 Å². The summed E-state index contributed by atoms with van der Waals surface area (Å²) in [5.41, 5.74) is 2.24. The topological polar surface area (TPSA) is 41.1 Å². The van der Waals surface area contributed by atoms with Crippen molar-refractivity contribution in [3.8, 4) is 0 Å². The molecule has 0 saturated heterocycles. The maximum Gasteiger partial charge on any atom is 0.221 e. The van der Waals surface area contributed by atoms with Gasteiger partial charge in [0.15, 0.2) is 0 Å². The van der Waals surface area contributed by atoms with Crippen molar-refractivity contribution in [1.29, 1.82) is 0 Å². The van der Waals surface area contributed by atoms with E-state index in [2.05, 4.69) is 22.8 Å². The van der Waals surface area contributed by atoms with E-state index in [1.807, 2.05) is 42.5 Å². The fourth-order valence-corrected chi connectivity index (χ4v) is 2.36. The molecule has 2 aromatic carbocycles. The molecule has 0 spiro atoms. The quantitative estimate of drug-likeness (QED) is 0.725. The number of anilines is 1. The molecule has 1 amide bonds. The summed E-state index contributed by atoms with van der Waals surface area (Å²) in [5, 5.41) is 6.82. The van der Waals surface area contributed by atoms with Crippen LogP contribution >= 0.6 is 11.6 Å². The molecule has 2 rings (SSSR count). The van der Waals surface area contributed by atoms with Crippen molar-refractivity contribution in [2.75, 3.05) is 18.4 Å². The number of benzene rings is 2. The first kappa shape index (κ1) is 16.4. The number of hydrogen-bond acceptors (Lipinski definition) is 2. The first-order valence-corrected chi connectivity index (χ1v) is 7.92. The Kier molecular flexibility index (Phi) is 6.78. The van der Waals surface area contributed by atoms with E-state index in [4.69, 9.17) is 11.6 Å². The standard InChI is InChI=1S/C18H21ClN2O/c19-16-9-4-10-17(14-16)20-13-11-18(22)21-12-5-8-15-6-2-1-3-7-15/h1-4,6-7,9-10,14,20H,5,8,11-13H2,(H,21,22). The average molecular weight is 317 g/mol. The summed E-state index contributed by atoms with van der Waals surface area (Å²) in [6.45, 7) is 1.32. The summed E-state index contributed by atoms with van der Waals surface area (Å²) >= 11 is 5.90. The lowest BCUT2D eigenvalue weighted by Crippen LogP contribution is -2.26. The van der Waals surface area contributed by atoms with Gasteiger partial charge in [-0.1, -0.05) is 48.0 Å². The van der Waals surface area contributed by atoms with Gasteiger partial charge in [-0.25, -0.2) is 0 Å². The summed E-state index contributed by atoms with van der Waals surface area (Å²) in [6, 6.07) is 17.8. The summed E-state index contributed by atoms with van der Waals surface area (Å²) in [6.07, 6.45) is 2.40. The zero-order valence-corrected chi connectivity index (χ0v) is 13.3. The molecule has 0 saturated carbocycles. The maximum atomic E-state index is 11.7. The van der Waals surface area contributed by atoms with Gasteiger partial charge in [0.25, 0.3) is 0 Å². The second-order valence-corrected chi connectivity index (χ2v) is 5.56. The minimum atomic E-state index is 0.0718. The fraction of sp³-hybridized carbons (Fsp3) is 0.278. The highest BCUT2D eigenvalue weighted by molar-refractivity contribution is 6.30. The molecule has 0 aliphatic heterocycles. The van der Waals surface area contributed by atoms with E-state index in [0.717, 1.165) is 18.5 Å². The van der Waals surface area contributed by atoms with Crippen molar-refractivity contribution in [3.63, 3.8) is 0 Å². The molecule has 2 aromatic rings. The summed E-state index contributed by atoms with van der Waals surface area (Å²) < 4.78 is 0. The SMILES string of the molecule is O=C(CCNc1cccc(Cl)c1)NCCCc1ccccc1. The van der Waals surface area contributed by atoms with E-state index in [1.165, 1.54) is 5.56 Å². The Morgan fingerprint density at radius 3 is 2.59 bits per heavy atom. The largest absolute Gasteiger partial charge is 0.384 e. The number of halogens is 1. The Bertz CT molecular complexity index is 587. The Hall–Kier alpha value is -2.00. The zero-order valence-electron chi connectivity index (χ0n) is 12.5. The second kappa shape index (κ2) is 9.11. The van der Waals surface area contributed by atoms with Crippen LogP contribution in [0.3, 0.4) is 0 Å². The van der Waals surface area contributed by atoms with E-state index in [9.17, 15) is 4.79 Å².